The van der Waals surface area contributed by atoms with Crippen LogP contribution in [0.1, 0.15) is 27.2 Å². The van der Waals surface area contributed by atoms with E-state index in [9.17, 15) is 9.59 Å². The van der Waals surface area contributed by atoms with E-state index in [1.165, 1.54) is 6.21 Å². The summed E-state index contributed by atoms with van der Waals surface area (Å²) < 4.78 is 1.59. The smallest absolute Gasteiger partial charge is 0.287 e. The molecule has 4 rings (SSSR count). The SMILES string of the molecule is Cc1nn(-c2ccccc2)c(Cl)c1/C=N/NC(=O)/C(=C\c1ccccc1)NC(=O)c1ccccc1Cl. The summed E-state index contributed by atoms with van der Waals surface area (Å²) in [6.07, 6.45) is 2.96. The van der Waals surface area contributed by atoms with E-state index in [1.54, 1.807) is 54.1 Å². The molecule has 2 amide bonds. The normalized spacial score (nSPS) is 11.5. The Kier molecular flexibility index (Phi) is 7.95. The molecule has 0 saturated heterocycles. The lowest BCUT2D eigenvalue weighted by Gasteiger charge is -2.10. The molecule has 0 saturated carbocycles. The first kappa shape index (κ1) is 24.9. The maximum absolute atomic E-state index is 13.0. The van der Waals surface area contributed by atoms with E-state index in [4.69, 9.17) is 23.2 Å². The maximum atomic E-state index is 13.0. The van der Waals surface area contributed by atoms with E-state index in [1.807, 2.05) is 48.5 Å². The molecule has 1 heterocycles. The minimum atomic E-state index is -0.625. The van der Waals surface area contributed by atoms with Crippen molar-refractivity contribution in [1.82, 2.24) is 20.5 Å². The van der Waals surface area contributed by atoms with Gasteiger partial charge < -0.3 is 5.32 Å². The van der Waals surface area contributed by atoms with Gasteiger partial charge in [0.2, 0.25) is 0 Å². The van der Waals surface area contributed by atoms with Gasteiger partial charge in [-0.15, -0.1) is 0 Å². The molecular weight excluding hydrogens is 497 g/mol. The summed E-state index contributed by atoms with van der Waals surface area (Å²) in [4.78, 5) is 25.8. The zero-order valence-corrected chi connectivity index (χ0v) is 20.7. The third-order valence-electron chi connectivity index (χ3n) is 5.13. The average molecular weight is 518 g/mol. The van der Waals surface area contributed by atoms with Gasteiger partial charge in [0.1, 0.15) is 10.9 Å². The second-order valence-corrected chi connectivity index (χ2v) is 8.40. The molecule has 36 heavy (non-hydrogen) atoms. The number of rotatable bonds is 7. The molecule has 4 aromatic rings. The van der Waals surface area contributed by atoms with Gasteiger partial charge in [0, 0.05) is 0 Å². The van der Waals surface area contributed by atoms with Gasteiger partial charge in [0.15, 0.2) is 0 Å². The van der Waals surface area contributed by atoms with Gasteiger partial charge in [-0.25, -0.2) is 10.1 Å². The Morgan fingerprint density at radius 2 is 1.56 bits per heavy atom. The zero-order chi connectivity index (χ0) is 25.5. The maximum Gasteiger partial charge on any atom is 0.287 e. The molecule has 0 aliphatic rings. The van der Waals surface area contributed by atoms with Crippen molar-refractivity contribution in [1.29, 1.82) is 0 Å². The predicted molar refractivity (Wildman–Crippen MR) is 142 cm³/mol. The largest absolute Gasteiger partial charge is 0.317 e. The number of benzene rings is 3. The molecule has 0 aliphatic heterocycles. The molecule has 0 aliphatic carbocycles. The van der Waals surface area contributed by atoms with Crippen molar-refractivity contribution < 1.29 is 9.59 Å². The quantitative estimate of drug-likeness (QED) is 0.195. The molecule has 3 aromatic carbocycles. The minimum absolute atomic E-state index is 0.00827. The molecule has 0 unspecified atom stereocenters. The molecule has 180 valence electrons. The van der Waals surface area contributed by atoms with Crippen LogP contribution in [0.2, 0.25) is 10.2 Å². The summed E-state index contributed by atoms with van der Waals surface area (Å²) in [5.41, 5.74) is 5.37. The number of nitrogens with zero attached hydrogens (tertiary/aromatic N) is 3. The Hall–Kier alpha value is -4.20. The summed E-state index contributed by atoms with van der Waals surface area (Å²) in [6, 6.07) is 25.1. The molecule has 0 radical (unpaired) electrons. The molecule has 0 atom stereocenters. The molecule has 7 nitrogen and oxygen atoms in total. The lowest BCUT2D eigenvalue weighted by atomic mass is 10.1. The number of hydrogen-bond acceptors (Lipinski definition) is 4. The van der Waals surface area contributed by atoms with E-state index in [-0.39, 0.29) is 16.3 Å². The van der Waals surface area contributed by atoms with Crippen LogP contribution in [0.15, 0.2) is 95.7 Å². The molecule has 0 spiro atoms. The Balaban J connectivity index is 1.55. The first-order valence-electron chi connectivity index (χ1n) is 10.9. The van der Waals surface area contributed by atoms with E-state index in [0.717, 1.165) is 5.69 Å². The number of amides is 2. The van der Waals surface area contributed by atoms with Crippen LogP contribution in [0.5, 0.6) is 0 Å². The molecule has 9 heteroatoms. The highest BCUT2D eigenvalue weighted by Gasteiger charge is 2.17. The number of aromatic nitrogens is 2. The highest BCUT2D eigenvalue weighted by Crippen LogP contribution is 2.22. The number of hydrogen-bond donors (Lipinski definition) is 2. The molecule has 1 aromatic heterocycles. The fourth-order valence-corrected chi connectivity index (χ4v) is 3.87. The Morgan fingerprint density at radius 3 is 2.25 bits per heavy atom. The fourth-order valence-electron chi connectivity index (χ4n) is 3.32. The molecule has 0 fully saturated rings. The molecule has 2 N–H and O–H groups in total. The summed E-state index contributed by atoms with van der Waals surface area (Å²) in [6.45, 7) is 1.79. The number of aryl methyl sites for hydroxylation is 1. The van der Waals surface area contributed by atoms with Crippen LogP contribution in [0.25, 0.3) is 11.8 Å². The van der Waals surface area contributed by atoms with E-state index >= 15 is 0 Å². The number of hydrazone groups is 1. The van der Waals surface area contributed by atoms with Crippen molar-refractivity contribution in [3.63, 3.8) is 0 Å². The Morgan fingerprint density at radius 1 is 0.917 bits per heavy atom. The third kappa shape index (κ3) is 5.89. The van der Waals surface area contributed by atoms with Gasteiger partial charge in [0.25, 0.3) is 11.8 Å². The summed E-state index contributed by atoms with van der Waals surface area (Å²) in [5, 5.41) is 11.8. The van der Waals surface area contributed by atoms with E-state index in [2.05, 4.69) is 20.9 Å². The summed E-state index contributed by atoms with van der Waals surface area (Å²) in [5.74, 6) is -1.15. The molecule has 0 bridgehead atoms. The van der Waals surface area contributed by atoms with Crippen LogP contribution >= 0.6 is 23.2 Å². The summed E-state index contributed by atoms with van der Waals surface area (Å²) in [7, 11) is 0. The highest BCUT2D eigenvalue weighted by atomic mass is 35.5. The van der Waals surface area contributed by atoms with Crippen LogP contribution in [0.4, 0.5) is 0 Å². The zero-order valence-electron chi connectivity index (χ0n) is 19.2. The third-order valence-corrected chi connectivity index (χ3v) is 5.82. The number of para-hydroxylation sites is 1. The van der Waals surface area contributed by atoms with Crippen molar-refractivity contribution in [3.8, 4) is 5.69 Å². The van der Waals surface area contributed by atoms with Crippen LogP contribution in [-0.2, 0) is 4.79 Å². The van der Waals surface area contributed by atoms with Crippen molar-refractivity contribution in [2.75, 3.05) is 0 Å². The molecular formula is C27H21Cl2N5O2. The van der Waals surface area contributed by atoms with Gasteiger partial charge in [-0.2, -0.15) is 10.2 Å². The number of nitrogens with one attached hydrogen (secondary N) is 2. The van der Waals surface area contributed by atoms with Gasteiger partial charge in [-0.1, -0.05) is 83.9 Å². The highest BCUT2D eigenvalue weighted by molar-refractivity contribution is 6.34. The van der Waals surface area contributed by atoms with Crippen molar-refractivity contribution in [2.45, 2.75) is 6.92 Å². The van der Waals surface area contributed by atoms with Crippen molar-refractivity contribution in [3.05, 3.63) is 123 Å². The second-order valence-electron chi connectivity index (χ2n) is 7.64. The van der Waals surface area contributed by atoms with Crippen LogP contribution < -0.4 is 10.7 Å². The van der Waals surface area contributed by atoms with Crippen LogP contribution in [0, 0.1) is 6.92 Å². The second kappa shape index (κ2) is 11.5. The first-order valence-corrected chi connectivity index (χ1v) is 11.7. The van der Waals surface area contributed by atoms with Crippen LogP contribution in [0.3, 0.4) is 0 Å². The van der Waals surface area contributed by atoms with Gasteiger partial charge in [-0.05, 0) is 42.8 Å². The van der Waals surface area contributed by atoms with Crippen LogP contribution in [-0.4, -0.2) is 27.8 Å². The number of carbonyl (C=O) groups is 2. The number of halogens is 2. The topological polar surface area (TPSA) is 88.4 Å². The van der Waals surface area contributed by atoms with E-state index < -0.39 is 11.8 Å². The van der Waals surface area contributed by atoms with Crippen molar-refractivity contribution in [2.24, 2.45) is 5.10 Å². The van der Waals surface area contributed by atoms with Gasteiger partial charge >= 0.3 is 0 Å². The monoisotopic (exact) mass is 517 g/mol. The minimum Gasteiger partial charge on any atom is -0.317 e. The Bertz CT molecular complexity index is 1450. The van der Waals surface area contributed by atoms with E-state index in [0.29, 0.717) is 22.0 Å². The standard InChI is InChI=1S/C27H21Cl2N5O2/c1-18-22(25(29)34(33-18)20-12-6-3-7-13-20)17-30-32-27(36)24(16-19-10-4-2-5-11-19)31-26(35)21-14-8-9-15-23(21)28/h2-17H,1H3,(H,31,35)(H,32,36)/b24-16+,30-17+. The fraction of sp³-hybridized carbons (Fsp3) is 0.0370. The van der Waals surface area contributed by atoms with Gasteiger partial charge in [-0.3, -0.25) is 9.59 Å². The lowest BCUT2D eigenvalue weighted by Crippen LogP contribution is -2.33. The average Bonchev–Trinajstić information content (AvgIpc) is 3.18. The predicted octanol–water partition coefficient (Wildman–Crippen LogP) is 5.41. The van der Waals surface area contributed by atoms with Crippen molar-refractivity contribution >= 4 is 47.3 Å². The Labute approximate surface area is 218 Å². The first-order chi connectivity index (χ1) is 17.4. The van der Waals surface area contributed by atoms with Gasteiger partial charge in [0.05, 0.1) is 33.7 Å². The summed E-state index contributed by atoms with van der Waals surface area (Å²) >= 11 is 12.7. The lowest BCUT2D eigenvalue weighted by molar-refractivity contribution is -0.117. The number of carbonyl (C=O) groups excluding carboxylic acids is 2.